The Bertz CT molecular complexity index is 1110. The van der Waals surface area contributed by atoms with E-state index in [9.17, 15) is 4.39 Å². The quantitative estimate of drug-likeness (QED) is 0.590. The van der Waals surface area contributed by atoms with E-state index in [1.165, 1.54) is 11.1 Å². The molecule has 32 heavy (non-hydrogen) atoms. The fraction of sp³-hybridized carbons (Fsp3) is 0.320. The number of benzene rings is 1. The first-order valence-corrected chi connectivity index (χ1v) is 11.1. The second kappa shape index (κ2) is 9.44. The Morgan fingerprint density at radius 1 is 0.844 bits per heavy atom. The molecule has 2 aromatic heterocycles. The highest BCUT2D eigenvalue weighted by atomic mass is 19.1. The predicted octanol–water partition coefficient (Wildman–Crippen LogP) is 4.07. The second-order valence-corrected chi connectivity index (χ2v) is 8.33. The van der Waals surface area contributed by atoms with Crippen LogP contribution in [0.4, 0.5) is 10.2 Å². The number of aromatic nitrogens is 4. The monoisotopic (exact) mass is 430 g/mol. The number of piperazine rings is 1. The first-order valence-electron chi connectivity index (χ1n) is 11.1. The summed E-state index contributed by atoms with van der Waals surface area (Å²) in [6.45, 7) is 5.37. The maximum absolute atomic E-state index is 13.4. The van der Waals surface area contributed by atoms with Crippen molar-refractivity contribution in [2.45, 2.75) is 25.9 Å². The van der Waals surface area contributed by atoms with Gasteiger partial charge in [-0.15, -0.1) is 0 Å². The highest BCUT2D eigenvalue weighted by Gasteiger charge is 2.23. The number of hydrogen-bond acceptors (Lipinski definition) is 5. The smallest absolute Gasteiger partial charge is 0.154 e. The molecule has 0 amide bonds. The van der Waals surface area contributed by atoms with Gasteiger partial charge < -0.3 is 4.90 Å². The lowest BCUT2D eigenvalue weighted by molar-refractivity contribution is 0.249. The van der Waals surface area contributed by atoms with Crippen LogP contribution < -0.4 is 4.90 Å². The first kappa shape index (κ1) is 20.6. The van der Waals surface area contributed by atoms with Crippen LogP contribution in [0.25, 0.3) is 5.57 Å². The molecule has 5 rings (SSSR count). The fourth-order valence-electron chi connectivity index (χ4n) is 4.32. The Morgan fingerprint density at radius 2 is 1.66 bits per heavy atom. The summed E-state index contributed by atoms with van der Waals surface area (Å²) < 4.78 is 15.4. The van der Waals surface area contributed by atoms with E-state index in [-0.39, 0.29) is 5.83 Å². The number of anilines is 1. The zero-order valence-electron chi connectivity index (χ0n) is 18.1. The molecule has 3 aromatic rings. The summed E-state index contributed by atoms with van der Waals surface area (Å²) in [6.07, 6.45) is 12.1. The van der Waals surface area contributed by atoms with Gasteiger partial charge in [-0.05, 0) is 23.6 Å². The number of allylic oxidation sites excluding steroid dienone is 4. The van der Waals surface area contributed by atoms with E-state index < -0.39 is 0 Å². The van der Waals surface area contributed by atoms with Crippen LogP contribution in [0, 0.1) is 0 Å². The molecule has 1 aliphatic heterocycles. The normalized spacial score (nSPS) is 17.2. The molecule has 1 saturated heterocycles. The van der Waals surface area contributed by atoms with E-state index in [0.717, 1.165) is 56.4 Å². The van der Waals surface area contributed by atoms with Crippen LogP contribution in [0.1, 0.15) is 29.7 Å². The molecule has 7 heteroatoms. The molecular weight excluding hydrogens is 403 g/mol. The molecule has 1 aromatic carbocycles. The van der Waals surface area contributed by atoms with E-state index >= 15 is 0 Å². The molecular formula is C25H27FN6. The van der Waals surface area contributed by atoms with Gasteiger partial charge in [0.25, 0.3) is 0 Å². The van der Waals surface area contributed by atoms with Crippen molar-refractivity contribution in [3.8, 4) is 0 Å². The van der Waals surface area contributed by atoms with E-state index in [4.69, 9.17) is 0 Å². The Kier molecular flexibility index (Phi) is 6.07. The van der Waals surface area contributed by atoms with Crippen LogP contribution in [-0.4, -0.2) is 50.8 Å². The van der Waals surface area contributed by atoms with Crippen molar-refractivity contribution in [2.75, 3.05) is 31.1 Å². The Hall–Kier alpha value is -3.32. The number of hydrogen-bond donors (Lipinski definition) is 0. The van der Waals surface area contributed by atoms with Gasteiger partial charge in [0.2, 0.25) is 0 Å². The molecule has 1 aliphatic carbocycles. The van der Waals surface area contributed by atoms with E-state index in [1.54, 1.807) is 18.5 Å². The summed E-state index contributed by atoms with van der Waals surface area (Å²) in [5.41, 5.74) is 4.42. The van der Waals surface area contributed by atoms with Gasteiger partial charge in [-0.25, -0.2) is 9.37 Å². The van der Waals surface area contributed by atoms with Crippen LogP contribution in [-0.2, 0) is 13.1 Å². The highest BCUT2D eigenvalue weighted by molar-refractivity contribution is 5.74. The molecule has 0 N–H and O–H groups in total. The third-order valence-corrected chi connectivity index (χ3v) is 6.03. The minimum absolute atomic E-state index is 0.0695. The van der Waals surface area contributed by atoms with Crippen LogP contribution >= 0.6 is 0 Å². The average Bonchev–Trinajstić information content (AvgIpc) is 3.27. The Morgan fingerprint density at radius 3 is 2.44 bits per heavy atom. The van der Waals surface area contributed by atoms with Gasteiger partial charge in [-0.2, -0.15) is 5.10 Å². The maximum Gasteiger partial charge on any atom is 0.154 e. The van der Waals surface area contributed by atoms with E-state index in [1.807, 2.05) is 23.0 Å². The van der Waals surface area contributed by atoms with Gasteiger partial charge in [-0.1, -0.05) is 36.4 Å². The maximum atomic E-state index is 13.4. The zero-order valence-corrected chi connectivity index (χ0v) is 18.1. The molecule has 0 atom stereocenters. The molecule has 0 unspecified atom stereocenters. The summed E-state index contributed by atoms with van der Waals surface area (Å²) in [6, 6.07) is 10.4. The molecule has 0 bridgehead atoms. The van der Waals surface area contributed by atoms with Crippen LogP contribution in [0.2, 0.25) is 0 Å². The minimum Gasteiger partial charge on any atom is -0.352 e. The third-order valence-electron chi connectivity index (χ3n) is 6.03. The van der Waals surface area contributed by atoms with Gasteiger partial charge in [0.15, 0.2) is 5.82 Å². The van der Waals surface area contributed by atoms with Gasteiger partial charge >= 0.3 is 0 Å². The van der Waals surface area contributed by atoms with Crippen LogP contribution in [0.3, 0.4) is 0 Å². The lowest BCUT2D eigenvalue weighted by atomic mass is 10.0. The summed E-state index contributed by atoms with van der Waals surface area (Å²) in [5, 5.41) is 4.53. The van der Waals surface area contributed by atoms with Crippen LogP contribution in [0.15, 0.2) is 73.1 Å². The van der Waals surface area contributed by atoms with Crippen molar-refractivity contribution in [1.82, 2.24) is 24.6 Å². The molecule has 0 saturated carbocycles. The fourth-order valence-corrected chi connectivity index (χ4v) is 4.32. The third kappa shape index (κ3) is 4.78. The molecule has 2 aliphatic rings. The first-order chi connectivity index (χ1) is 15.7. The molecule has 3 heterocycles. The average molecular weight is 431 g/mol. The predicted molar refractivity (Wildman–Crippen MR) is 124 cm³/mol. The highest BCUT2D eigenvalue weighted by Crippen LogP contribution is 2.31. The molecule has 0 radical (unpaired) electrons. The number of rotatable bonds is 6. The molecule has 6 nitrogen and oxygen atoms in total. The van der Waals surface area contributed by atoms with Crippen molar-refractivity contribution in [3.63, 3.8) is 0 Å². The SMILES string of the molecule is FC1=CC=C(c2nccnc2N2CCN(Cc3cnn(Cc4ccccc4)c3)CC2)CC1. The van der Waals surface area contributed by atoms with Gasteiger partial charge in [0.1, 0.15) is 11.5 Å². The van der Waals surface area contributed by atoms with Crippen molar-refractivity contribution in [2.24, 2.45) is 0 Å². The molecule has 1 fully saturated rings. The summed E-state index contributed by atoms with van der Waals surface area (Å²) in [5.74, 6) is 0.838. The Balaban J connectivity index is 1.20. The second-order valence-electron chi connectivity index (χ2n) is 8.33. The van der Waals surface area contributed by atoms with Gasteiger partial charge in [0.05, 0.1) is 12.7 Å². The van der Waals surface area contributed by atoms with Crippen LogP contribution in [0.5, 0.6) is 0 Å². The Labute approximate surface area is 187 Å². The lowest BCUT2D eigenvalue weighted by Gasteiger charge is -2.36. The molecule has 0 spiro atoms. The number of halogens is 1. The minimum atomic E-state index is -0.0695. The van der Waals surface area contributed by atoms with Gasteiger partial charge in [0, 0.05) is 63.3 Å². The van der Waals surface area contributed by atoms with Crippen molar-refractivity contribution < 1.29 is 4.39 Å². The lowest BCUT2D eigenvalue weighted by Crippen LogP contribution is -2.46. The van der Waals surface area contributed by atoms with Crippen molar-refractivity contribution in [3.05, 3.63) is 89.9 Å². The van der Waals surface area contributed by atoms with E-state index in [2.05, 4.69) is 55.3 Å². The van der Waals surface area contributed by atoms with Gasteiger partial charge in [-0.3, -0.25) is 14.6 Å². The summed E-state index contributed by atoms with van der Waals surface area (Å²) in [7, 11) is 0. The topological polar surface area (TPSA) is 50.1 Å². The summed E-state index contributed by atoms with van der Waals surface area (Å²) in [4.78, 5) is 14.0. The van der Waals surface area contributed by atoms with Crippen molar-refractivity contribution >= 4 is 11.4 Å². The van der Waals surface area contributed by atoms with Crippen molar-refractivity contribution in [1.29, 1.82) is 0 Å². The largest absolute Gasteiger partial charge is 0.352 e. The summed E-state index contributed by atoms with van der Waals surface area (Å²) >= 11 is 0. The van der Waals surface area contributed by atoms with E-state index in [0.29, 0.717) is 12.8 Å². The zero-order chi connectivity index (χ0) is 21.8. The number of nitrogens with zero attached hydrogens (tertiary/aromatic N) is 6. The molecule has 164 valence electrons. The standard InChI is InChI=1S/C25H27FN6/c26-23-8-6-22(7-9-23)24-25(28-11-10-27-24)31-14-12-30(13-15-31)17-21-16-29-32(19-21)18-20-4-2-1-3-5-20/h1-6,8,10-11,16,19H,7,9,12-15,17-18H2.